The summed E-state index contributed by atoms with van der Waals surface area (Å²) in [5, 5.41) is 2.89. The largest absolute Gasteiger partial charge is 0.352 e. The van der Waals surface area contributed by atoms with Crippen molar-refractivity contribution in [3.63, 3.8) is 0 Å². The molecule has 5 nitrogen and oxygen atoms in total. The van der Waals surface area contributed by atoms with Crippen molar-refractivity contribution in [1.29, 1.82) is 0 Å². The summed E-state index contributed by atoms with van der Waals surface area (Å²) in [6, 6.07) is 15.2. The van der Waals surface area contributed by atoms with E-state index in [4.69, 9.17) is 0 Å². The van der Waals surface area contributed by atoms with Crippen LogP contribution in [0.3, 0.4) is 0 Å². The number of rotatable bonds is 6. The first-order chi connectivity index (χ1) is 11.7. The van der Waals surface area contributed by atoms with Crippen LogP contribution in [-0.2, 0) is 13.0 Å². The first-order valence-electron chi connectivity index (χ1n) is 7.86. The third-order valence-corrected chi connectivity index (χ3v) is 3.77. The summed E-state index contributed by atoms with van der Waals surface area (Å²) in [6.45, 7) is 1.26. The maximum absolute atomic E-state index is 12.2. The maximum Gasteiger partial charge on any atom is 0.252 e. The molecule has 0 radical (unpaired) electrons. The van der Waals surface area contributed by atoms with E-state index in [1.807, 2.05) is 41.2 Å². The van der Waals surface area contributed by atoms with Crippen LogP contribution in [0.1, 0.15) is 21.5 Å². The van der Waals surface area contributed by atoms with Crippen LogP contribution in [0.15, 0.2) is 71.9 Å². The molecule has 24 heavy (non-hydrogen) atoms. The zero-order valence-corrected chi connectivity index (χ0v) is 13.2. The Bertz CT molecular complexity index is 845. The fourth-order valence-electron chi connectivity index (χ4n) is 2.49. The monoisotopic (exact) mass is 321 g/mol. The second kappa shape index (κ2) is 7.46. The number of benzene rings is 1. The van der Waals surface area contributed by atoms with Gasteiger partial charge in [0.2, 0.25) is 5.56 Å². The van der Waals surface area contributed by atoms with Gasteiger partial charge in [0, 0.05) is 37.7 Å². The minimum atomic E-state index is -0.123. The van der Waals surface area contributed by atoms with Crippen molar-refractivity contribution in [3.8, 4) is 0 Å². The van der Waals surface area contributed by atoms with Crippen molar-refractivity contribution in [2.24, 2.45) is 0 Å². The van der Waals surface area contributed by atoms with Gasteiger partial charge in [-0.15, -0.1) is 0 Å². The highest BCUT2D eigenvalue weighted by molar-refractivity contribution is 5.94. The lowest BCUT2D eigenvalue weighted by Crippen LogP contribution is -2.25. The van der Waals surface area contributed by atoms with Gasteiger partial charge in [-0.1, -0.05) is 36.4 Å². The van der Waals surface area contributed by atoms with E-state index in [-0.39, 0.29) is 11.5 Å². The Morgan fingerprint density at radius 2 is 1.88 bits per heavy atom. The lowest BCUT2D eigenvalue weighted by molar-refractivity contribution is 0.0954. The van der Waals surface area contributed by atoms with E-state index >= 15 is 0 Å². The number of pyridine rings is 1. The highest BCUT2D eigenvalue weighted by Crippen LogP contribution is 2.06. The molecule has 2 N–H and O–H groups in total. The third kappa shape index (κ3) is 4.23. The zero-order chi connectivity index (χ0) is 16.8. The SMILES string of the molecule is O=C(NCCc1ccc(=O)[nH]c1)c1ccn(Cc2ccccc2)c1. The van der Waals surface area contributed by atoms with Crippen molar-refractivity contribution >= 4 is 5.91 Å². The zero-order valence-electron chi connectivity index (χ0n) is 13.2. The molecule has 2 aromatic heterocycles. The number of carbonyl (C=O) groups excluding carboxylic acids is 1. The van der Waals surface area contributed by atoms with E-state index in [0.29, 0.717) is 18.5 Å². The molecule has 0 aliphatic heterocycles. The summed E-state index contributed by atoms with van der Waals surface area (Å²) in [7, 11) is 0. The molecule has 122 valence electrons. The van der Waals surface area contributed by atoms with E-state index in [1.165, 1.54) is 11.6 Å². The average molecular weight is 321 g/mol. The molecule has 5 heteroatoms. The highest BCUT2D eigenvalue weighted by atomic mass is 16.1. The summed E-state index contributed by atoms with van der Waals surface area (Å²) in [4.78, 5) is 25.8. The van der Waals surface area contributed by atoms with Gasteiger partial charge in [0.1, 0.15) is 0 Å². The molecule has 1 amide bonds. The molecule has 0 spiro atoms. The van der Waals surface area contributed by atoms with Gasteiger partial charge in [0.05, 0.1) is 5.56 Å². The van der Waals surface area contributed by atoms with Crippen LogP contribution in [0, 0.1) is 0 Å². The normalized spacial score (nSPS) is 10.5. The lowest BCUT2D eigenvalue weighted by Gasteiger charge is -2.04. The molecule has 0 atom stereocenters. The molecule has 0 aliphatic carbocycles. The molecule has 2 heterocycles. The summed E-state index contributed by atoms with van der Waals surface area (Å²) in [5.41, 5.74) is 2.70. The number of H-pyrrole nitrogens is 1. The van der Waals surface area contributed by atoms with Gasteiger partial charge in [-0.05, 0) is 23.6 Å². The first kappa shape index (κ1) is 15.8. The summed E-state index contributed by atoms with van der Waals surface area (Å²) in [5.74, 6) is -0.0914. The number of aromatic nitrogens is 2. The predicted octanol–water partition coefficient (Wildman–Crippen LogP) is 2.20. The smallest absolute Gasteiger partial charge is 0.252 e. The Kier molecular flexibility index (Phi) is 4.91. The number of nitrogens with zero attached hydrogens (tertiary/aromatic N) is 1. The summed E-state index contributed by atoms with van der Waals surface area (Å²) >= 11 is 0. The van der Waals surface area contributed by atoms with Crippen molar-refractivity contribution in [2.45, 2.75) is 13.0 Å². The van der Waals surface area contributed by atoms with Gasteiger partial charge in [-0.3, -0.25) is 9.59 Å². The van der Waals surface area contributed by atoms with E-state index in [9.17, 15) is 9.59 Å². The predicted molar refractivity (Wildman–Crippen MR) is 93.1 cm³/mol. The molecule has 3 aromatic rings. The third-order valence-electron chi connectivity index (χ3n) is 3.77. The lowest BCUT2D eigenvalue weighted by atomic mass is 10.2. The first-order valence-corrected chi connectivity index (χ1v) is 7.86. The minimum absolute atomic E-state index is 0.0914. The second-order valence-corrected chi connectivity index (χ2v) is 5.63. The van der Waals surface area contributed by atoms with Crippen molar-refractivity contribution in [2.75, 3.05) is 6.54 Å². The number of nitrogens with one attached hydrogen (secondary N) is 2. The fraction of sp³-hybridized carbons (Fsp3) is 0.158. The molecule has 0 unspecified atom stereocenters. The minimum Gasteiger partial charge on any atom is -0.352 e. The Hall–Kier alpha value is -3.08. The Morgan fingerprint density at radius 1 is 1.04 bits per heavy atom. The van der Waals surface area contributed by atoms with Gasteiger partial charge in [0.25, 0.3) is 5.91 Å². The van der Waals surface area contributed by atoms with Gasteiger partial charge in [-0.25, -0.2) is 0 Å². The van der Waals surface area contributed by atoms with Crippen molar-refractivity contribution < 1.29 is 4.79 Å². The highest BCUT2D eigenvalue weighted by Gasteiger charge is 2.07. The topological polar surface area (TPSA) is 66.9 Å². The Labute approximate surface area is 140 Å². The Morgan fingerprint density at radius 3 is 2.62 bits per heavy atom. The second-order valence-electron chi connectivity index (χ2n) is 5.63. The number of hydrogen-bond acceptors (Lipinski definition) is 2. The molecular formula is C19H19N3O2. The summed E-state index contributed by atoms with van der Waals surface area (Å²) < 4.78 is 1.99. The number of amides is 1. The summed E-state index contributed by atoms with van der Waals surface area (Å²) in [6.07, 6.45) is 6.10. The maximum atomic E-state index is 12.2. The van der Waals surface area contributed by atoms with Crippen LogP contribution in [0.2, 0.25) is 0 Å². The molecule has 0 fully saturated rings. The molecule has 1 aromatic carbocycles. The molecule has 0 bridgehead atoms. The van der Waals surface area contributed by atoms with Gasteiger partial charge >= 0.3 is 0 Å². The van der Waals surface area contributed by atoms with E-state index in [1.54, 1.807) is 12.3 Å². The molecule has 0 aliphatic rings. The fourth-order valence-corrected chi connectivity index (χ4v) is 2.49. The molecule has 3 rings (SSSR count). The number of carbonyl (C=O) groups is 1. The van der Waals surface area contributed by atoms with E-state index in [2.05, 4.69) is 22.4 Å². The van der Waals surface area contributed by atoms with Crippen LogP contribution in [0.25, 0.3) is 0 Å². The standard InChI is InChI=1S/C19H19N3O2/c23-18-7-6-15(12-21-18)8-10-20-19(24)17-9-11-22(14-17)13-16-4-2-1-3-5-16/h1-7,9,11-12,14H,8,10,13H2,(H,20,24)(H,21,23). The van der Waals surface area contributed by atoms with Gasteiger partial charge in [0.15, 0.2) is 0 Å². The van der Waals surface area contributed by atoms with Crippen LogP contribution in [-0.4, -0.2) is 22.0 Å². The molecule has 0 saturated carbocycles. The van der Waals surface area contributed by atoms with Crippen LogP contribution in [0.5, 0.6) is 0 Å². The van der Waals surface area contributed by atoms with Gasteiger partial charge in [-0.2, -0.15) is 0 Å². The van der Waals surface area contributed by atoms with Crippen LogP contribution >= 0.6 is 0 Å². The van der Waals surface area contributed by atoms with Crippen molar-refractivity contribution in [1.82, 2.24) is 14.9 Å². The van der Waals surface area contributed by atoms with Crippen LogP contribution < -0.4 is 10.9 Å². The Balaban J connectivity index is 1.52. The van der Waals surface area contributed by atoms with Crippen LogP contribution in [0.4, 0.5) is 0 Å². The van der Waals surface area contributed by atoms with E-state index in [0.717, 1.165) is 12.1 Å². The van der Waals surface area contributed by atoms with E-state index < -0.39 is 0 Å². The van der Waals surface area contributed by atoms with Gasteiger partial charge < -0.3 is 14.9 Å². The average Bonchev–Trinajstić information content (AvgIpc) is 3.06. The molecule has 0 saturated heterocycles. The molecular weight excluding hydrogens is 302 g/mol. The van der Waals surface area contributed by atoms with Crippen molar-refractivity contribution in [3.05, 3.63) is 94.2 Å². The number of aromatic amines is 1. The quantitative estimate of drug-likeness (QED) is 0.731. The number of hydrogen-bond donors (Lipinski definition) is 2.